The zero-order chi connectivity index (χ0) is 14.2. The molecule has 19 heavy (non-hydrogen) atoms. The van der Waals surface area contributed by atoms with Crippen LogP contribution in [0.5, 0.6) is 0 Å². The number of H-pyrrole nitrogens is 1. The van der Waals surface area contributed by atoms with Crippen molar-refractivity contribution in [2.75, 3.05) is 0 Å². The Balaban J connectivity index is 2.38. The number of nitrogens with one attached hydrogen (secondary N) is 1. The Bertz CT molecular complexity index is 516. The van der Waals surface area contributed by atoms with Crippen molar-refractivity contribution in [1.82, 2.24) is 9.97 Å². The quantitative estimate of drug-likeness (QED) is 0.797. The van der Waals surface area contributed by atoms with E-state index < -0.39 is 0 Å². The smallest absolute Gasteiger partial charge is 0.264 e. The molecule has 3 nitrogen and oxygen atoms in total. The summed E-state index contributed by atoms with van der Waals surface area (Å²) in [6, 6.07) is 0. The van der Waals surface area contributed by atoms with E-state index in [0.717, 1.165) is 27.4 Å². The van der Waals surface area contributed by atoms with Crippen LogP contribution in [0.2, 0.25) is 0 Å². The number of halogens is 1. The molecule has 0 aromatic carbocycles. The van der Waals surface area contributed by atoms with Crippen LogP contribution in [0.15, 0.2) is 4.79 Å². The second-order valence-electron chi connectivity index (χ2n) is 6.65. The first-order valence-corrected chi connectivity index (χ1v) is 8.21. The lowest BCUT2D eigenvalue weighted by Crippen LogP contribution is -2.26. The summed E-state index contributed by atoms with van der Waals surface area (Å²) in [7, 11) is 0. The fourth-order valence-electron chi connectivity index (χ4n) is 2.86. The van der Waals surface area contributed by atoms with E-state index in [1.807, 2.05) is 0 Å². The Morgan fingerprint density at radius 3 is 2.58 bits per heavy atom. The summed E-state index contributed by atoms with van der Waals surface area (Å²) in [5, 5.41) is 0. The third kappa shape index (κ3) is 3.20. The van der Waals surface area contributed by atoms with Crippen LogP contribution in [0, 0.1) is 9.49 Å². The zero-order valence-electron chi connectivity index (χ0n) is 12.2. The SMILES string of the molecule is CCC1CCC(c2nc(C(C)(C)C)c(I)c(=O)[nH]2)C1. The molecular weight excluding hydrogens is 351 g/mol. The first-order chi connectivity index (χ1) is 8.82. The third-order valence-electron chi connectivity index (χ3n) is 4.10. The van der Waals surface area contributed by atoms with Crippen molar-refractivity contribution < 1.29 is 0 Å². The molecule has 2 rings (SSSR count). The Morgan fingerprint density at radius 2 is 2.05 bits per heavy atom. The van der Waals surface area contributed by atoms with Gasteiger partial charge in [0.2, 0.25) is 0 Å². The maximum absolute atomic E-state index is 12.1. The highest BCUT2D eigenvalue weighted by Crippen LogP contribution is 2.38. The highest BCUT2D eigenvalue weighted by molar-refractivity contribution is 14.1. The maximum Gasteiger partial charge on any atom is 0.264 e. The van der Waals surface area contributed by atoms with Crippen molar-refractivity contribution in [3.05, 3.63) is 25.4 Å². The maximum atomic E-state index is 12.1. The minimum absolute atomic E-state index is 0.0236. The second kappa shape index (κ2) is 5.54. The molecule has 4 heteroatoms. The van der Waals surface area contributed by atoms with E-state index in [2.05, 4.69) is 55.3 Å². The second-order valence-corrected chi connectivity index (χ2v) is 7.73. The molecule has 1 saturated carbocycles. The number of aromatic amines is 1. The monoisotopic (exact) mass is 374 g/mol. The molecule has 1 aliphatic carbocycles. The fraction of sp³-hybridized carbons (Fsp3) is 0.733. The molecular formula is C15H23IN2O. The van der Waals surface area contributed by atoms with Crippen molar-refractivity contribution in [3.63, 3.8) is 0 Å². The van der Waals surface area contributed by atoms with Gasteiger partial charge in [0.1, 0.15) is 9.39 Å². The van der Waals surface area contributed by atoms with Gasteiger partial charge >= 0.3 is 0 Å². The number of hydrogen-bond acceptors (Lipinski definition) is 2. The summed E-state index contributed by atoms with van der Waals surface area (Å²) in [4.78, 5) is 19.9. The van der Waals surface area contributed by atoms with Gasteiger partial charge in [-0.15, -0.1) is 0 Å². The minimum Gasteiger partial charge on any atom is -0.309 e. The number of aromatic nitrogens is 2. The van der Waals surface area contributed by atoms with Gasteiger partial charge in [-0.2, -0.15) is 0 Å². The molecule has 0 spiro atoms. The van der Waals surface area contributed by atoms with E-state index in [0.29, 0.717) is 5.92 Å². The average Bonchev–Trinajstić information content (AvgIpc) is 2.79. The highest BCUT2D eigenvalue weighted by atomic mass is 127. The van der Waals surface area contributed by atoms with Gasteiger partial charge in [-0.3, -0.25) is 4.79 Å². The summed E-state index contributed by atoms with van der Waals surface area (Å²) >= 11 is 2.12. The normalized spacial score (nSPS) is 23.8. The minimum atomic E-state index is -0.0811. The Hall–Kier alpha value is -0.390. The van der Waals surface area contributed by atoms with Crippen molar-refractivity contribution in [2.24, 2.45) is 5.92 Å². The van der Waals surface area contributed by atoms with Gasteiger partial charge in [0, 0.05) is 11.3 Å². The standard InChI is InChI=1S/C15H23IN2O/c1-5-9-6-7-10(8-9)13-17-12(15(2,3)4)11(16)14(19)18-13/h9-10H,5-8H2,1-4H3,(H,17,18,19). The van der Waals surface area contributed by atoms with Gasteiger partial charge in [0.05, 0.1) is 5.69 Å². The molecule has 0 radical (unpaired) electrons. The zero-order valence-corrected chi connectivity index (χ0v) is 14.4. The van der Waals surface area contributed by atoms with Crippen LogP contribution in [0.1, 0.15) is 70.8 Å². The third-order valence-corrected chi connectivity index (χ3v) is 5.10. The van der Waals surface area contributed by atoms with E-state index in [1.165, 1.54) is 19.3 Å². The van der Waals surface area contributed by atoms with Crippen molar-refractivity contribution >= 4 is 22.6 Å². The topological polar surface area (TPSA) is 45.8 Å². The Morgan fingerprint density at radius 1 is 1.37 bits per heavy atom. The molecule has 1 aromatic heterocycles. The van der Waals surface area contributed by atoms with Crippen molar-refractivity contribution in [3.8, 4) is 0 Å². The predicted molar refractivity (Wildman–Crippen MR) is 86.6 cm³/mol. The Labute approximate surface area is 128 Å². The molecule has 0 saturated heterocycles. The van der Waals surface area contributed by atoms with Gasteiger partial charge < -0.3 is 4.98 Å². The van der Waals surface area contributed by atoms with Gasteiger partial charge in [-0.25, -0.2) is 4.98 Å². The fourth-order valence-corrected chi connectivity index (χ4v) is 3.93. The molecule has 1 fully saturated rings. The van der Waals surface area contributed by atoms with Crippen LogP contribution in [0.4, 0.5) is 0 Å². The largest absolute Gasteiger partial charge is 0.309 e. The summed E-state index contributed by atoms with van der Waals surface area (Å²) in [6.45, 7) is 8.59. The number of rotatable bonds is 2. The summed E-state index contributed by atoms with van der Waals surface area (Å²) in [6.07, 6.45) is 4.83. The lowest BCUT2D eigenvalue weighted by molar-refractivity contribution is 0.510. The molecule has 1 aliphatic rings. The Kier molecular flexibility index (Phi) is 4.38. The van der Waals surface area contributed by atoms with Crippen LogP contribution in [-0.4, -0.2) is 9.97 Å². The summed E-state index contributed by atoms with van der Waals surface area (Å²) in [5.41, 5.74) is 0.879. The van der Waals surface area contributed by atoms with E-state index in [-0.39, 0.29) is 11.0 Å². The molecule has 0 bridgehead atoms. The summed E-state index contributed by atoms with van der Waals surface area (Å²) in [5.74, 6) is 2.15. The highest BCUT2D eigenvalue weighted by Gasteiger charge is 2.29. The molecule has 0 amide bonds. The first-order valence-electron chi connectivity index (χ1n) is 7.13. The van der Waals surface area contributed by atoms with Crippen molar-refractivity contribution in [1.29, 1.82) is 0 Å². The van der Waals surface area contributed by atoms with Gasteiger partial charge in [-0.05, 0) is 47.8 Å². The lowest BCUT2D eigenvalue weighted by atomic mass is 9.91. The van der Waals surface area contributed by atoms with Crippen LogP contribution < -0.4 is 5.56 Å². The van der Waals surface area contributed by atoms with E-state index in [4.69, 9.17) is 4.98 Å². The molecule has 1 aromatic rings. The van der Waals surface area contributed by atoms with Gasteiger partial charge in [-0.1, -0.05) is 34.1 Å². The molecule has 2 atom stereocenters. The summed E-state index contributed by atoms with van der Waals surface area (Å²) < 4.78 is 0.735. The number of nitrogens with zero attached hydrogens (tertiary/aromatic N) is 1. The molecule has 1 N–H and O–H groups in total. The van der Waals surface area contributed by atoms with E-state index in [9.17, 15) is 4.79 Å². The lowest BCUT2D eigenvalue weighted by Gasteiger charge is -2.21. The first kappa shape index (κ1) is 15.0. The number of hydrogen-bond donors (Lipinski definition) is 1. The van der Waals surface area contributed by atoms with Crippen LogP contribution in [0.3, 0.4) is 0 Å². The average molecular weight is 374 g/mol. The van der Waals surface area contributed by atoms with Crippen molar-refractivity contribution in [2.45, 2.75) is 64.7 Å². The van der Waals surface area contributed by atoms with E-state index >= 15 is 0 Å². The molecule has 0 aliphatic heterocycles. The van der Waals surface area contributed by atoms with Crippen LogP contribution in [-0.2, 0) is 5.41 Å². The van der Waals surface area contributed by atoms with Crippen LogP contribution in [0.25, 0.3) is 0 Å². The molecule has 2 unspecified atom stereocenters. The molecule has 1 heterocycles. The van der Waals surface area contributed by atoms with Crippen LogP contribution >= 0.6 is 22.6 Å². The molecule has 106 valence electrons. The van der Waals surface area contributed by atoms with Gasteiger partial charge in [0.15, 0.2) is 0 Å². The van der Waals surface area contributed by atoms with Gasteiger partial charge in [0.25, 0.3) is 5.56 Å². The van der Waals surface area contributed by atoms with E-state index in [1.54, 1.807) is 0 Å². The predicted octanol–water partition coefficient (Wildman–Crippen LogP) is 3.97.